The molecule has 6 heteroatoms. The summed E-state index contributed by atoms with van der Waals surface area (Å²) in [5, 5.41) is 7.65. The van der Waals surface area contributed by atoms with Gasteiger partial charge in [0.15, 0.2) is 5.52 Å². The molecule has 0 aliphatic carbocycles. The van der Waals surface area contributed by atoms with Gasteiger partial charge < -0.3 is 4.57 Å². The highest BCUT2D eigenvalue weighted by molar-refractivity contribution is 9.10. The van der Waals surface area contributed by atoms with E-state index in [0.29, 0.717) is 11.0 Å². The summed E-state index contributed by atoms with van der Waals surface area (Å²) in [6.45, 7) is 0. The maximum absolute atomic E-state index is 11.6. The number of hydrogen-bond donors (Lipinski definition) is 0. The molecule has 0 unspecified atom stereocenters. The van der Waals surface area contributed by atoms with Crippen molar-refractivity contribution in [2.45, 2.75) is 0 Å². The normalized spacial score (nSPS) is 11.0. The van der Waals surface area contributed by atoms with E-state index in [1.807, 2.05) is 0 Å². The van der Waals surface area contributed by atoms with Gasteiger partial charge in [-0.3, -0.25) is 4.79 Å². The minimum Gasteiger partial charge on any atom is -0.315 e. The Labute approximate surface area is 82.1 Å². The Kier molecular flexibility index (Phi) is 1.73. The monoisotopic (exact) mass is 242 g/mol. The molecule has 0 saturated heterocycles. The maximum Gasteiger partial charge on any atom is 0.278 e. The molecule has 0 radical (unpaired) electrons. The first-order chi connectivity index (χ1) is 6.11. The molecule has 0 saturated carbocycles. The summed E-state index contributed by atoms with van der Waals surface area (Å²) in [7, 11) is 3.39. The van der Waals surface area contributed by atoms with Gasteiger partial charge in [0.25, 0.3) is 5.56 Å². The number of halogens is 1. The zero-order valence-electron chi connectivity index (χ0n) is 7.15. The Morgan fingerprint density at radius 3 is 2.85 bits per heavy atom. The average molecular weight is 243 g/mol. The summed E-state index contributed by atoms with van der Waals surface area (Å²) in [5.41, 5.74) is 1.02. The van der Waals surface area contributed by atoms with Crippen LogP contribution < -0.4 is 5.56 Å². The van der Waals surface area contributed by atoms with E-state index in [0.717, 1.165) is 4.47 Å². The van der Waals surface area contributed by atoms with Crippen molar-refractivity contribution in [3.63, 3.8) is 0 Å². The third-order valence-electron chi connectivity index (χ3n) is 1.88. The van der Waals surface area contributed by atoms with Gasteiger partial charge in [0, 0.05) is 20.3 Å². The Bertz CT molecular complexity index is 527. The van der Waals surface area contributed by atoms with Crippen LogP contribution in [0.5, 0.6) is 0 Å². The predicted molar refractivity (Wildman–Crippen MR) is 51.5 cm³/mol. The predicted octanol–water partition coefficient (Wildman–Crippen LogP) is 0.429. The Hall–Kier alpha value is -1.17. The van der Waals surface area contributed by atoms with E-state index in [9.17, 15) is 4.79 Å². The molecule has 0 amide bonds. The van der Waals surface area contributed by atoms with E-state index in [-0.39, 0.29) is 5.56 Å². The summed E-state index contributed by atoms with van der Waals surface area (Å²) in [6, 6.07) is 0. The van der Waals surface area contributed by atoms with Gasteiger partial charge in [-0.2, -0.15) is 0 Å². The quantitative estimate of drug-likeness (QED) is 0.674. The first kappa shape index (κ1) is 8.43. The van der Waals surface area contributed by atoms with Gasteiger partial charge in [0.2, 0.25) is 0 Å². The molecule has 0 aliphatic heterocycles. The van der Waals surface area contributed by atoms with Crippen LogP contribution in [0.3, 0.4) is 0 Å². The lowest BCUT2D eigenvalue weighted by Crippen LogP contribution is -2.18. The van der Waals surface area contributed by atoms with Crippen LogP contribution in [0.25, 0.3) is 11.0 Å². The van der Waals surface area contributed by atoms with Gasteiger partial charge in [-0.25, -0.2) is 4.68 Å². The molecule has 2 aromatic rings. The van der Waals surface area contributed by atoms with E-state index >= 15 is 0 Å². The van der Waals surface area contributed by atoms with E-state index in [1.165, 1.54) is 9.25 Å². The number of aromatic nitrogens is 4. The molecule has 2 rings (SSSR count). The van der Waals surface area contributed by atoms with Crippen molar-refractivity contribution >= 4 is 27.0 Å². The van der Waals surface area contributed by atoms with Crippen molar-refractivity contribution in [1.29, 1.82) is 0 Å². The molecule has 0 fully saturated rings. The topological polar surface area (TPSA) is 52.7 Å². The minimum atomic E-state index is -0.0919. The van der Waals surface area contributed by atoms with Gasteiger partial charge in [0.05, 0.1) is 4.47 Å². The van der Waals surface area contributed by atoms with E-state index in [2.05, 4.69) is 26.2 Å². The molecule has 68 valence electrons. The number of hydrogen-bond acceptors (Lipinski definition) is 3. The number of nitrogens with zero attached hydrogens (tertiary/aromatic N) is 4. The summed E-state index contributed by atoms with van der Waals surface area (Å²) in [5.74, 6) is 0. The van der Waals surface area contributed by atoms with Crippen LogP contribution in [0.2, 0.25) is 0 Å². The van der Waals surface area contributed by atoms with Crippen LogP contribution in [0.1, 0.15) is 0 Å². The lowest BCUT2D eigenvalue weighted by atomic mass is 10.4. The minimum absolute atomic E-state index is 0.0919. The number of fused-ring (bicyclic) bond motifs is 1. The van der Waals surface area contributed by atoms with E-state index in [1.54, 1.807) is 20.3 Å². The van der Waals surface area contributed by atoms with Crippen molar-refractivity contribution in [3.8, 4) is 0 Å². The highest BCUT2D eigenvalue weighted by atomic mass is 79.9. The molecule has 0 bridgehead atoms. The zero-order chi connectivity index (χ0) is 9.59. The molecule has 0 aromatic carbocycles. The second-order valence-corrected chi connectivity index (χ2v) is 3.66. The van der Waals surface area contributed by atoms with Gasteiger partial charge in [0.1, 0.15) is 5.52 Å². The third-order valence-corrected chi connectivity index (χ3v) is 2.46. The standard InChI is InChI=1S/C7H7BrN4O/c1-11-3-4(8)5-6(7(11)13)12(2)10-9-5/h3H,1-2H3. The molecule has 2 heterocycles. The van der Waals surface area contributed by atoms with E-state index in [4.69, 9.17) is 0 Å². The van der Waals surface area contributed by atoms with Crippen LogP contribution in [-0.2, 0) is 14.1 Å². The highest BCUT2D eigenvalue weighted by Crippen LogP contribution is 2.16. The molecule has 2 aromatic heterocycles. The molecular formula is C7H7BrN4O. The Morgan fingerprint density at radius 1 is 1.46 bits per heavy atom. The van der Waals surface area contributed by atoms with Crippen molar-refractivity contribution in [3.05, 3.63) is 21.0 Å². The summed E-state index contributed by atoms with van der Waals surface area (Å²) >= 11 is 3.32. The van der Waals surface area contributed by atoms with Gasteiger partial charge in [-0.05, 0) is 15.9 Å². The van der Waals surface area contributed by atoms with Crippen LogP contribution in [-0.4, -0.2) is 19.6 Å². The van der Waals surface area contributed by atoms with Gasteiger partial charge in [-0.1, -0.05) is 5.21 Å². The number of rotatable bonds is 0. The van der Waals surface area contributed by atoms with Crippen LogP contribution in [0.15, 0.2) is 15.5 Å². The summed E-state index contributed by atoms with van der Waals surface area (Å²) in [6.07, 6.45) is 1.68. The van der Waals surface area contributed by atoms with Crippen LogP contribution >= 0.6 is 15.9 Å². The van der Waals surface area contributed by atoms with Crippen molar-refractivity contribution < 1.29 is 0 Å². The molecule has 13 heavy (non-hydrogen) atoms. The fraction of sp³-hybridized carbons (Fsp3) is 0.286. The van der Waals surface area contributed by atoms with Gasteiger partial charge >= 0.3 is 0 Å². The average Bonchev–Trinajstić information content (AvgIpc) is 2.44. The molecule has 0 spiro atoms. The van der Waals surface area contributed by atoms with Crippen molar-refractivity contribution in [2.24, 2.45) is 14.1 Å². The molecular weight excluding hydrogens is 236 g/mol. The van der Waals surface area contributed by atoms with Crippen molar-refractivity contribution in [2.75, 3.05) is 0 Å². The second kappa shape index (κ2) is 2.66. The van der Waals surface area contributed by atoms with E-state index < -0.39 is 0 Å². The SMILES string of the molecule is Cn1cc(Br)c2nnn(C)c2c1=O. The third kappa shape index (κ3) is 1.09. The van der Waals surface area contributed by atoms with Crippen molar-refractivity contribution in [1.82, 2.24) is 19.6 Å². The maximum atomic E-state index is 11.6. The molecule has 5 nitrogen and oxygen atoms in total. The summed E-state index contributed by atoms with van der Waals surface area (Å²) in [4.78, 5) is 11.6. The van der Waals surface area contributed by atoms with Crippen LogP contribution in [0.4, 0.5) is 0 Å². The molecule has 0 atom stereocenters. The lowest BCUT2D eigenvalue weighted by molar-refractivity contribution is 0.729. The number of aryl methyl sites for hydroxylation is 2. The first-order valence-electron chi connectivity index (χ1n) is 3.66. The fourth-order valence-corrected chi connectivity index (χ4v) is 1.79. The lowest BCUT2D eigenvalue weighted by Gasteiger charge is -1.98. The highest BCUT2D eigenvalue weighted by Gasteiger charge is 2.10. The first-order valence-corrected chi connectivity index (χ1v) is 4.45. The molecule has 0 aliphatic rings. The number of pyridine rings is 1. The van der Waals surface area contributed by atoms with Gasteiger partial charge in [-0.15, -0.1) is 5.10 Å². The fourth-order valence-electron chi connectivity index (χ4n) is 1.21. The zero-order valence-corrected chi connectivity index (χ0v) is 8.74. The second-order valence-electron chi connectivity index (χ2n) is 2.80. The Morgan fingerprint density at radius 2 is 2.15 bits per heavy atom. The molecule has 0 N–H and O–H groups in total. The largest absolute Gasteiger partial charge is 0.315 e. The smallest absolute Gasteiger partial charge is 0.278 e. The summed E-state index contributed by atoms with van der Waals surface area (Å²) < 4.78 is 3.75. The van der Waals surface area contributed by atoms with Crippen LogP contribution in [0, 0.1) is 0 Å². The Balaban J connectivity index is 3.10.